The summed E-state index contributed by atoms with van der Waals surface area (Å²) < 4.78 is 5.43. The number of hydrogen-bond donors (Lipinski definition) is 0. The first-order valence-electron chi connectivity index (χ1n) is 7.10. The van der Waals surface area contributed by atoms with Crippen LogP contribution in [-0.2, 0) is 4.74 Å². The summed E-state index contributed by atoms with van der Waals surface area (Å²) in [6.45, 7) is 9.36. The number of amides is 1. The fourth-order valence-corrected chi connectivity index (χ4v) is 2.74. The Morgan fingerprint density at radius 2 is 2.05 bits per heavy atom. The Morgan fingerprint density at radius 3 is 2.59 bits per heavy atom. The Hall–Kier alpha value is -1.27. The zero-order chi connectivity index (χ0) is 16.5. The molecule has 0 radical (unpaired) electrons. The Kier molecular flexibility index (Phi) is 5.02. The third-order valence-corrected chi connectivity index (χ3v) is 3.75. The summed E-state index contributed by atoms with van der Waals surface area (Å²) in [7, 11) is 0. The second kappa shape index (κ2) is 6.46. The maximum absolute atomic E-state index is 12.2. The lowest BCUT2D eigenvalue weighted by Crippen LogP contribution is -2.55. The lowest BCUT2D eigenvalue weighted by atomic mass is 10.2. The highest BCUT2D eigenvalue weighted by Gasteiger charge is 2.31. The Labute approximate surface area is 140 Å². The molecule has 22 heavy (non-hydrogen) atoms. The van der Waals surface area contributed by atoms with Gasteiger partial charge >= 0.3 is 6.09 Å². The maximum atomic E-state index is 12.2. The van der Waals surface area contributed by atoms with Crippen LogP contribution in [0.3, 0.4) is 0 Å². The van der Waals surface area contributed by atoms with Crippen molar-refractivity contribution in [2.24, 2.45) is 0 Å². The number of hydrogen-bond acceptors (Lipinski definition) is 5. The van der Waals surface area contributed by atoms with Gasteiger partial charge in [0.25, 0.3) is 0 Å². The molecule has 1 fully saturated rings. The molecule has 1 aliphatic heterocycles. The zero-order valence-electron chi connectivity index (χ0n) is 13.1. The minimum absolute atomic E-state index is 0.00431. The van der Waals surface area contributed by atoms with Gasteiger partial charge in [-0.05, 0) is 39.3 Å². The molecule has 2 heterocycles. The van der Waals surface area contributed by atoms with Gasteiger partial charge in [-0.1, -0.05) is 11.6 Å². The van der Waals surface area contributed by atoms with Crippen LogP contribution >= 0.6 is 23.2 Å². The lowest BCUT2D eigenvalue weighted by molar-refractivity contribution is 0.0159. The minimum Gasteiger partial charge on any atom is -0.444 e. The largest absolute Gasteiger partial charge is 0.444 e. The molecule has 0 N–H and O–H groups in total. The standard InChI is InChI=1S/C14H20Cl2N4O2/c1-9-8-19(10-7-17-12(16)18-11(10)15)5-6-20(9)13(21)22-14(2,3)4/h7,9H,5-6,8H2,1-4H3/t9-/m0/s1. The molecule has 1 aromatic heterocycles. The first kappa shape index (κ1) is 17.1. The predicted octanol–water partition coefficient (Wildman–Crippen LogP) is 3.23. The van der Waals surface area contributed by atoms with E-state index in [2.05, 4.69) is 9.97 Å². The van der Waals surface area contributed by atoms with Crippen molar-refractivity contribution in [3.05, 3.63) is 16.6 Å². The average molecular weight is 347 g/mol. The molecule has 1 amide bonds. The number of nitrogens with zero attached hydrogens (tertiary/aromatic N) is 4. The molecule has 0 spiro atoms. The summed E-state index contributed by atoms with van der Waals surface area (Å²) in [5.74, 6) is 0. The fourth-order valence-electron chi connectivity index (χ4n) is 2.32. The highest BCUT2D eigenvalue weighted by atomic mass is 35.5. The predicted molar refractivity (Wildman–Crippen MR) is 86.7 cm³/mol. The monoisotopic (exact) mass is 346 g/mol. The maximum Gasteiger partial charge on any atom is 0.410 e. The molecule has 1 aliphatic rings. The molecule has 122 valence electrons. The van der Waals surface area contributed by atoms with Gasteiger partial charge < -0.3 is 14.5 Å². The van der Waals surface area contributed by atoms with Crippen LogP contribution in [0, 0.1) is 0 Å². The van der Waals surface area contributed by atoms with E-state index in [1.54, 1.807) is 11.1 Å². The van der Waals surface area contributed by atoms with Gasteiger partial charge in [0.2, 0.25) is 5.28 Å². The van der Waals surface area contributed by atoms with Crippen LogP contribution in [0.25, 0.3) is 0 Å². The molecule has 0 bridgehead atoms. The van der Waals surface area contributed by atoms with E-state index in [0.29, 0.717) is 24.8 Å². The van der Waals surface area contributed by atoms with E-state index >= 15 is 0 Å². The summed E-state index contributed by atoms with van der Waals surface area (Å²) in [4.78, 5) is 23.9. The van der Waals surface area contributed by atoms with Gasteiger partial charge in [0.05, 0.1) is 11.9 Å². The van der Waals surface area contributed by atoms with Crippen molar-refractivity contribution < 1.29 is 9.53 Å². The Morgan fingerprint density at radius 1 is 1.36 bits per heavy atom. The number of halogens is 2. The van der Waals surface area contributed by atoms with Crippen LogP contribution in [0.15, 0.2) is 6.20 Å². The first-order valence-corrected chi connectivity index (χ1v) is 7.85. The van der Waals surface area contributed by atoms with Crippen LogP contribution < -0.4 is 4.90 Å². The Balaban J connectivity index is 2.05. The molecule has 2 rings (SSSR count). The van der Waals surface area contributed by atoms with Gasteiger partial charge in [-0.3, -0.25) is 0 Å². The van der Waals surface area contributed by atoms with Crippen molar-refractivity contribution in [1.82, 2.24) is 14.9 Å². The summed E-state index contributed by atoms with van der Waals surface area (Å²) in [5.41, 5.74) is 0.225. The van der Waals surface area contributed by atoms with Crippen LogP contribution in [0.5, 0.6) is 0 Å². The number of carbonyl (C=O) groups is 1. The van der Waals surface area contributed by atoms with Crippen molar-refractivity contribution in [2.75, 3.05) is 24.5 Å². The number of anilines is 1. The van der Waals surface area contributed by atoms with E-state index < -0.39 is 5.60 Å². The molecule has 1 atom stereocenters. The molecular weight excluding hydrogens is 327 g/mol. The molecule has 6 nitrogen and oxygen atoms in total. The second-order valence-corrected chi connectivity index (χ2v) is 6.98. The topological polar surface area (TPSA) is 58.6 Å². The average Bonchev–Trinajstić information content (AvgIpc) is 2.36. The quantitative estimate of drug-likeness (QED) is 0.577. The van der Waals surface area contributed by atoms with Gasteiger partial charge in [0, 0.05) is 25.7 Å². The van der Waals surface area contributed by atoms with Crippen molar-refractivity contribution in [3.63, 3.8) is 0 Å². The van der Waals surface area contributed by atoms with Gasteiger partial charge in [-0.15, -0.1) is 0 Å². The van der Waals surface area contributed by atoms with E-state index in [1.165, 1.54) is 0 Å². The zero-order valence-corrected chi connectivity index (χ0v) is 14.6. The van der Waals surface area contributed by atoms with E-state index in [-0.39, 0.29) is 17.4 Å². The SMILES string of the molecule is C[C@H]1CN(c2cnc(Cl)nc2Cl)CCN1C(=O)OC(C)(C)C. The lowest BCUT2D eigenvalue weighted by Gasteiger charge is -2.41. The molecule has 0 saturated carbocycles. The van der Waals surface area contributed by atoms with Crippen LogP contribution in [0.1, 0.15) is 27.7 Å². The molecule has 0 aromatic carbocycles. The highest BCUT2D eigenvalue weighted by molar-refractivity contribution is 6.33. The number of rotatable bonds is 1. The summed E-state index contributed by atoms with van der Waals surface area (Å²) in [6.07, 6.45) is 1.31. The first-order chi connectivity index (χ1) is 10.2. The molecule has 1 aromatic rings. The summed E-state index contributed by atoms with van der Waals surface area (Å²) in [6, 6.07) is -0.00431. The number of carbonyl (C=O) groups excluding carboxylic acids is 1. The second-order valence-electron chi connectivity index (χ2n) is 6.28. The number of ether oxygens (including phenoxy) is 1. The normalized spacial score (nSPS) is 19.3. The van der Waals surface area contributed by atoms with Crippen molar-refractivity contribution in [2.45, 2.75) is 39.3 Å². The third-order valence-electron chi connectivity index (χ3n) is 3.29. The summed E-state index contributed by atoms with van der Waals surface area (Å²) >= 11 is 11.8. The van der Waals surface area contributed by atoms with Gasteiger partial charge in [0.15, 0.2) is 5.15 Å². The number of aromatic nitrogens is 2. The van der Waals surface area contributed by atoms with E-state index in [9.17, 15) is 4.79 Å². The molecular formula is C14H20Cl2N4O2. The minimum atomic E-state index is -0.499. The summed E-state index contributed by atoms with van der Waals surface area (Å²) in [5, 5.41) is 0.437. The van der Waals surface area contributed by atoms with Gasteiger partial charge in [-0.2, -0.15) is 0 Å². The molecule has 8 heteroatoms. The van der Waals surface area contributed by atoms with E-state index in [1.807, 2.05) is 32.6 Å². The van der Waals surface area contributed by atoms with Crippen LogP contribution in [0.4, 0.5) is 10.5 Å². The van der Waals surface area contributed by atoms with Crippen molar-refractivity contribution in [3.8, 4) is 0 Å². The van der Waals surface area contributed by atoms with E-state index in [0.717, 1.165) is 5.69 Å². The van der Waals surface area contributed by atoms with Crippen molar-refractivity contribution >= 4 is 35.0 Å². The third kappa shape index (κ3) is 4.14. The molecule has 0 unspecified atom stereocenters. The van der Waals surface area contributed by atoms with Crippen LogP contribution in [0.2, 0.25) is 10.4 Å². The molecule has 1 saturated heterocycles. The highest BCUT2D eigenvalue weighted by Crippen LogP contribution is 2.26. The fraction of sp³-hybridized carbons (Fsp3) is 0.643. The smallest absolute Gasteiger partial charge is 0.410 e. The number of piperazine rings is 1. The van der Waals surface area contributed by atoms with E-state index in [4.69, 9.17) is 27.9 Å². The van der Waals surface area contributed by atoms with Gasteiger partial charge in [0.1, 0.15) is 5.60 Å². The molecule has 0 aliphatic carbocycles. The van der Waals surface area contributed by atoms with Crippen LogP contribution in [-0.4, -0.2) is 52.2 Å². The van der Waals surface area contributed by atoms with Crippen molar-refractivity contribution in [1.29, 1.82) is 0 Å². The van der Waals surface area contributed by atoms with Gasteiger partial charge in [-0.25, -0.2) is 14.8 Å². The Bertz CT molecular complexity index is 562.